The molecule has 0 fully saturated rings. The first-order chi connectivity index (χ1) is 14.6. The molecule has 0 bridgehead atoms. The maximum atomic E-state index is 13.6. The van der Waals surface area contributed by atoms with Crippen LogP contribution in [0.25, 0.3) is 0 Å². The van der Waals surface area contributed by atoms with Gasteiger partial charge in [0.1, 0.15) is 18.2 Å². The number of benzene rings is 3. The van der Waals surface area contributed by atoms with E-state index in [1.54, 1.807) is 48.5 Å². The Morgan fingerprint density at radius 2 is 1.83 bits per heavy atom. The van der Waals surface area contributed by atoms with Crippen LogP contribution in [0.15, 0.2) is 78.0 Å². The molecule has 1 amide bonds. The highest BCUT2D eigenvalue weighted by atomic mass is 35.5. The van der Waals surface area contributed by atoms with Crippen LogP contribution in [0, 0.1) is 5.82 Å². The predicted molar refractivity (Wildman–Crippen MR) is 113 cm³/mol. The molecule has 3 aromatic rings. The highest BCUT2D eigenvalue weighted by molar-refractivity contribution is 6.34. The van der Waals surface area contributed by atoms with E-state index in [1.165, 1.54) is 6.07 Å². The van der Waals surface area contributed by atoms with E-state index in [9.17, 15) is 9.18 Å². The molecule has 30 heavy (non-hydrogen) atoms. The highest BCUT2D eigenvalue weighted by Gasteiger charge is 2.29. The van der Waals surface area contributed by atoms with Gasteiger partial charge in [0.15, 0.2) is 0 Å². The third-order valence-electron chi connectivity index (χ3n) is 4.62. The molecule has 1 aliphatic rings. The van der Waals surface area contributed by atoms with E-state index in [2.05, 4.69) is 10.5 Å². The minimum Gasteiger partial charge on any atom is -0.489 e. The fourth-order valence-corrected chi connectivity index (χ4v) is 3.25. The molecule has 152 valence electrons. The molecule has 0 unspecified atom stereocenters. The van der Waals surface area contributed by atoms with Crippen LogP contribution in [-0.2, 0) is 16.2 Å². The average molecular weight is 425 g/mol. The van der Waals surface area contributed by atoms with Crippen molar-refractivity contribution in [3.8, 4) is 5.75 Å². The lowest BCUT2D eigenvalue weighted by Crippen LogP contribution is -2.28. The molecule has 0 saturated carbocycles. The van der Waals surface area contributed by atoms with Crippen molar-refractivity contribution >= 4 is 28.9 Å². The summed E-state index contributed by atoms with van der Waals surface area (Å²) >= 11 is 6.18. The average Bonchev–Trinajstić information content (AvgIpc) is 3.25. The molecular formula is C23H18ClFN2O3. The van der Waals surface area contributed by atoms with Gasteiger partial charge in [-0.3, -0.25) is 4.79 Å². The summed E-state index contributed by atoms with van der Waals surface area (Å²) < 4.78 is 19.2. The van der Waals surface area contributed by atoms with Crippen molar-refractivity contribution in [3.05, 3.63) is 94.8 Å². The van der Waals surface area contributed by atoms with Crippen molar-refractivity contribution in [2.45, 2.75) is 19.1 Å². The summed E-state index contributed by atoms with van der Waals surface area (Å²) in [6.45, 7) is 0.121. The van der Waals surface area contributed by atoms with E-state index in [0.717, 1.165) is 5.56 Å². The van der Waals surface area contributed by atoms with E-state index in [0.29, 0.717) is 34.2 Å². The van der Waals surface area contributed by atoms with Crippen molar-refractivity contribution in [1.29, 1.82) is 0 Å². The molecule has 0 aliphatic carbocycles. The minimum absolute atomic E-state index is 0.121. The zero-order valence-electron chi connectivity index (χ0n) is 15.8. The van der Waals surface area contributed by atoms with Crippen molar-refractivity contribution < 1.29 is 18.8 Å². The Morgan fingerprint density at radius 1 is 1.10 bits per heavy atom. The number of ether oxygens (including phenoxy) is 1. The normalized spacial score (nSPS) is 15.3. The Morgan fingerprint density at radius 3 is 2.60 bits per heavy atom. The van der Waals surface area contributed by atoms with Gasteiger partial charge in [-0.2, -0.15) is 0 Å². The number of nitrogens with one attached hydrogen (secondary N) is 1. The van der Waals surface area contributed by atoms with E-state index >= 15 is 0 Å². The van der Waals surface area contributed by atoms with Gasteiger partial charge in [-0.05, 0) is 36.4 Å². The van der Waals surface area contributed by atoms with Gasteiger partial charge in [0.25, 0.3) is 5.91 Å². The molecule has 0 saturated heterocycles. The van der Waals surface area contributed by atoms with Gasteiger partial charge in [0, 0.05) is 28.3 Å². The number of carbonyl (C=O) groups is 1. The molecule has 1 aliphatic heterocycles. The van der Waals surface area contributed by atoms with Crippen molar-refractivity contribution in [2.75, 3.05) is 5.32 Å². The molecule has 0 radical (unpaired) electrons. The number of carbonyl (C=O) groups excluding carboxylic acids is 1. The van der Waals surface area contributed by atoms with Gasteiger partial charge in [0.05, 0.1) is 5.71 Å². The molecule has 1 heterocycles. The maximum absolute atomic E-state index is 13.6. The van der Waals surface area contributed by atoms with E-state index in [4.69, 9.17) is 21.2 Å². The van der Waals surface area contributed by atoms with Crippen LogP contribution < -0.4 is 10.1 Å². The first-order valence-corrected chi connectivity index (χ1v) is 9.72. The summed E-state index contributed by atoms with van der Waals surface area (Å²) in [5, 5.41) is 7.36. The second-order valence-electron chi connectivity index (χ2n) is 6.71. The van der Waals surface area contributed by atoms with Gasteiger partial charge in [-0.1, -0.05) is 53.2 Å². The van der Waals surface area contributed by atoms with Gasteiger partial charge in [-0.15, -0.1) is 0 Å². The molecule has 1 atom stereocenters. The predicted octanol–water partition coefficient (Wildman–Crippen LogP) is 5.19. The summed E-state index contributed by atoms with van der Waals surface area (Å²) in [5.74, 6) is -0.0464. The van der Waals surface area contributed by atoms with Crippen LogP contribution in [-0.4, -0.2) is 17.7 Å². The topological polar surface area (TPSA) is 59.9 Å². The lowest BCUT2D eigenvalue weighted by atomic mass is 10.0. The number of rotatable bonds is 6. The lowest BCUT2D eigenvalue weighted by molar-refractivity contribution is -0.125. The number of nitrogens with zero attached hydrogens (tertiary/aromatic N) is 1. The summed E-state index contributed by atoms with van der Waals surface area (Å²) in [5.41, 5.74) is 2.46. The lowest BCUT2D eigenvalue weighted by Gasteiger charge is -2.11. The third kappa shape index (κ3) is 4.60. The van der Waals surface area contributed by atoms with Gasteiger partial charge in [0.2, 0.25) is 6.10 Å². The van der Waals surface area contributed by atoms with Crippen LogP contribution in [0.4, 0.5) is 10.1 Å². The maximum Gasteiger partial charge on any atom is 0.268 e. The number of halogens is 2. The first-order valence-electron chi connectivity index (χ1n) is 9.35. The van der Waals surface area contributed by atoms with Crippen LogP contribution in [0.2, 0.25) is 5.02 Å². The Labute approximate surface area is 178 Å². The summed E-state index contributed by atoms with van der Waals surface area (Å²) in [4.78, 5) is 17.8. The van der Waals surface area contributed by atoms with E-state index < -0.39 is 6.10 Å². The second-order valence-corrected chi connectivity index (χ2v) is 7.12. The molecule has 0 aromatic heterocycles. The zero-order chi connectivity index (χ0) is 20.9. The fraction of sp³-hybridized carbons (Fsp3) is 0.130. The quantitative estimate of drug-likeness (QED) is 0.592. The molecule has 7 heteroatoms. The largest absolute Gasteiger partial charge is 0.489 e. The van der Waals surface area contributed by atoms with Gasteiger partial charge in [-0.25, -0.2) is 4.39 Å². The molecule has 3 aromatic carbocycles. The zero-order valence-corrected chi connectivity index (χ0v) is 16.6. The van der Waals surface area contributed by atoms with Gasteiger partial charge >= 0.3 is 0 Å². The molecular weight excluding hydrogens is 407 g/mol. The Kier molecular flexibility index (Phi) is 5.95. The SMILES string of the molecule is O=C(Nc1ccc(OCc2ccccc2F)cc1)[C@@H]1CC(c2ccccc2Cl)=NO1. The van der Waals surface area contributed by atoms with Crippen molar-refractivity contribution in [2.24, 2.45) is 5.16 Å². The smallest absolute Gasteiger partial charge is 0.268 e. The minimum atomic E-state index is -0.728. The molecule has 4 rings (SSSR count). The molecule has 1 N–H and O–H groups in total. The van der Waals surface area contributed by atoms with Crippen LogP contribution >= 0.6 is 11.6 Å². The highest BCUT2D eigenvalue weighted by Crippen LogP contribution is 2.24. The number of anilines is 1. The summed E-state index contributed by atoms with van der Waals surface area (Å²) in [6, 6.07) is 20.6. The van der Waals surface area contributed by atoms with Crippen molar-refractivity contribution in [3.63, 3.8) is 0 Å². The number of hydrogen-bond acceptors (Lipinski definition) is 4. The first kappa shape index (κ1) is 19.9. The third-order valence-corrected chi connectivity index (χ3v) is 4.95. The number of amides is 1. The summed E-state index contributed by atoms with van der Waals surface area (Å²) in [6.07, 6.45) is -0.396. The van der Waals surface area contributed by atoms with E-state index in [-0.39, 0.29) is 18.3 Å². The number of hydrogen-bond donors (Lipinski definition) is 1. The molecule has 5 nitrogen and oxygen atoms in total. The number of oxime groups is 1. The fourth-order valence-electron chi connectivity index (χ4n) is 3.01. The van der Waals surface area contributed by atoms with Crippen LogP contribution in [0.5, 0.6) is 5.75 Å². The second kappa shape index (κ2) is 8.97. The summed E-state index contributed by atoms with van der Waals surface area (Å²) in [7, 11) is 0. The van der Waals surface area contributed by atoms with Crippen LogP contribution in [0.3, 0.4) is 0 Å². The monoisotopic (exact) mass is 424 g/mol. The Hall–Kier alpha value is -3.38. The van der Waals surface area contributed by atoms with Crippen molar-refractivity contribution in [1.82, 2.24) is 0 Å². The van der Waals surface area contributed by atoms with Crippen LogP contribution in [0.1, 0.15) is 17.5 Å². The van der Waals surface area contributed by atoms with E-state index in [1.807, 2.05) is 18.2 Å². The molecule has 0 spiro atoms. The Bertz CT molecular complexity index is 1090. The standard InChI is InChI=1S/C23H18ClFN2O3/c24-19-7-3-2-6-18(19)21-13-22(30-27-21)23(28)26-16-9-11-17(12-10-16)29-14-15-5-1-4-8-20(15)25/h1-12,22H,13-14H2,(H,26,28)/t22-/m0/s1. The Balaban J connectivity index is 1.31. The van der Waals surface area contributed by atoms with Gasteiger partial charge < -0.3 is 14.9 Å².